The van der Waals surface area contributed by atoms with Crippen LogP contribution in [0.4, 0.5) is 11.9 Å². The summed E-state index contributed by atoms with van der Waals surface area (Å²) in [4.78, 5) is 35.5. The molecule has 9 nitrogen and oxygen atoms in total. The van der Waals surface area contributed by atoms with Crippen LogP contribution in [0.2, 0.25) is 0 Å². The Kier molecular flexibility index (Phi) is 10.3. The first kappa shape index (κ1) is 35.8. The number of piperidine rings is 2. The minimum Gasteiger partial charge on any atom is -0.338 e. The van der Waals surface area contributed by atoms with Crippen molar-refractivity contribution in [2.75, 3.05) is 22.9 Å². The van der Waals surface area contributed by atoms with Crippen LogP contribution in [-0.2, 0) is 9.68 Å². The maximum absolute atomic E-state index is 7.33. The summed E-state index contributed by atoms with van der Waals surface area (Å²) >= 11 is 0. The highest BCUT2D eigenvalue weighted by molar-refractivity contribution is 5.43. The highest BCUT2D eigenvalue weighted by Crippen LogP contribution is 2.62. The number of anilines is 2. The molecular weight excluding hydrogens is 610 g/mol. The van der Waals surface area contributed by atoms with Gasteiger partial charge in [0.1, 0.15) is 5.82 Å². The summed E-state index contributed by atoms with van der Waals surface area (Å²) in [6.07, 6.45) is 24.2. The summed E-state index contributed by atoms with van der Waals surface area (Å²) in [6.45, 7) is 18.5. The molecule has 9 heteroatoms. The predicted molar refractivity (Wildman–Crippen MR) is 198 cm³/mol. The van der Waals surface area contributed by atoms with E-state index in [2.05, 4.69) is 68.4 Å². The van der Waals surface area contributed by atoms with Crippen LogP contribution in [0, 0.1) is 6.92 Å². The Labute approximate surface area is 298 Å². The van der Waals surface area contributed by atoms with Crippen molar-refractivity contribution in [3.63, 3.8) is 0 Å². The average molecular weight is 680 g/mol. The number of hydrogen-bond acceptors (Lipinski definition) is 9. The maximum atomic E-state index is 7.33. The lowest BCUT2D eigenvalue weighted by atomic mass is 9.53. The second-order valence-electron chi connectivity index (χ2n) is 18.4. The van der Waals surface area contributed by atoms with Gasteiger partial charge in [-0.15, -0.1) is 0 Å². The van der Waals surface area contributed by atoms with Gasteiger partial charge >= 0.3 is 0 Å². The van der Waals surface area contributed by atoms with Crippen LogP contribution in [-0.4, -0.2) is 84.6 Å². The largest absolute Gasteiger partial charge is 0.338 e. The maximum Gasteiger partial charge on any atom is 0.230 e. The Morgan fingerprint density at radius 3 is 1.39 bits per heavy atom. The van der Waals surface area contributed by atoms with Gasteiger partial charge in [-0.2, -0.15) is 25.1 Å². The van der Waals surface area contributed by atoms with Crippen molar-refractivity contribution in [3.8, 4) is 0 Å². The molecule has 2 unspecified atom stereocenters. The molecule has 0 amide bonds. The first-order valence-corrected chi connectivity index (χ1v) is 20.7. The molecule has 5 fully saturated rings. The third-order valence-corrected chi connectivity index (χ3v) is 13.2. The van der Waals surface area contributed by atoms with E-state index >= 15 is 0 Å². The first-order chi connectivity index (χ1) is 23.5. The molecule has 2 atom stereocenters. The summed E-state index contributed by atoms with van der Waals surface area (Å²) in [5.74, 6) is 2.61. The highest BCUT2D eigenvalue weighted by Gasteiger charge is 2.70. The van der Waals surface area contributed by atoms with E-state index in [1.807, 2.05) is 0 Å². The molecule has 6 bridgehead atoms. The van der Waals surface area contributed by atoms with Crippen molar-refractivity contribution < 1.29 is 9.68 Å². The van der Waals surface area contributed by atoms with Crippen molar-refractivity contribution in [2.45, 2.75) is 223 Å². The summed E-state index contributed by atoms with van der Waals surface area (Å²) in [5, 5.41) is 5.19. The molecule has 2 spiro atoms. The number of nitrogens with zero attached hydrogens (tertiary/aromatic N) is 7. The van der Waals surface area contributed by atoms with Crippen molar-refractivity contribution >= 4 is 11.9 Å². The fourth-order valence-electron chi connectivity index (χ4n) is 11.4. The number of aryl methyl sites for hydroxylation is 1. The molecule has 7 aliphatic rings. The fraction of sp³-hybridized carbons (Fsp3) is 0.925. The molecule has 3 aliphatic carbocycles. The third-order valence-electron chi connectivity index (χ3n) is 13.2. The molecule has 8 rings (SSSR count). The Hall–Kier alpha value is -1.55. The van der Waals surface area contributed by atoms with Crippen LogP contribution < -0.4 is 9.80 Å². The van der Waals surface area contributed by atoms with Gasteiger partial charge in [-0.25, -0.2) is 0 Å². The van der Waals surface area contributed by atoms with Crippen molar-refractivity contribution in [2.24, 2.45) is 0 Å². The number of hydroxylamine groups is 4. The molecule has 0 aromatic carbocycles. The zero-order valence-electron chi connectivity index (χ0n) is 32.3. The molecule has 0 radical (unpaired) electrons. The second-order valence-corrected chi connectivity index (χ2v) is 18.4. The zero-order chi connectivity index (χ0) is 34.4. The van der Waals surface area contributed by atoms with Crippen LogP contribution >= 0.6 is 0 Å². The van der Waals surface area contributed by atoms with E-state index in [0.717, 1.165) is 95.0 Å². The minimum atomic E-state index is -0.118. The fourth-order valence-corrected chi connectivity index (χ4v) is 11.4. The van der Waals surface area contributed by atoms with Gasteiger partial charge in [0.2, 0.25) is 11.9 Å². The number of hydrogen-bond donors (Lipinski definition) is 0. The smallest absolute Gasteiger partial charge is 0.230 e. The van der Waals surface area contributed by atoms with E-state index in [4.69, 9.17) is 24.6 Å². The molecule has 276 valence electrons. The lowest BCUT2D eigenvalue weighted by Gasteiger charge is -2.72. The quantitative estimate of drug-likeness (QED) is 0.242. The highest BCUT2D eigenvalue weighted by atomic mass is 16.7. The minimum absolute atomic E-state index is 0.0567. The standard InChI is InChI=1S/C40H69N7O2/c1-8-10-22-44-31-24-37(4,5)46(48-33-18-14-12-15-19-33)39(26-31)28-40(29-39)27-32(25-38(6,7)47(40)49-34-20-16-13-17-21-34)45(23-11-9-2)36-42-30(3)41-35(44)43-36/h31-34H,8-29H2,1-7H3. The van der Waals surface area contributed by atoms with E-state index in [1.54, 1.807) is 0 Å². The summed E-state index contributed by atoms with van der Waals surface area (Å²) < 4.78 is 0. The molecule has 49 heavy (non-hydrogen) atoms. The van der Waals surface area contributed by atoms with E-state index in [1.165, 1.54) is 64.2 Å². The summed E-state index contributed by atoms with van der Waals surface area (Å²) in [5.41, 5.74) is -0.349. The van der Waals surface area contributed by atoms with Gasteiger partial charge in [0.15, 0.2) is 0 Å². The average Bonchev–Trinajstić information content (AvgIpc) is 3.04. The van der Waals surface area contributed by atoms with Crippen molar-refractivity contribution in [3.05, 3.63) is 5.82 Å². The molecule has 2 saturated heterocycles. The second kappa shape index (κ2) is 14.1. The monoisotopic (exact) mass is 680 g/mol. The molecule has 1 aromatic heterocycles. The topological polar surface area (TPSA) is 70.1 Å². The van der Waals surface area contributed by atoms with Crippen LogP contribution in [0.3, 0.4) is 0 Å². The Morgan fingerprint density at radius 2 is 1.00 bits per heavy atom. The molecule has 1 aromatic rings. The lowest BCUT2D eigenvalue weighted by molar-refractivity contribution is -0.394. The zero-order valence-corrected chi connectivity index (χ0v) is 32.3. The molecule has 0 N–H and O–H groups in total. The van der Waals surface area contributed by atoms with Gasteiger partial charge in [0.05, 0.1) is 23.3 Å². The van der Waals surface area contributed by atoms with Gasteiger partial charge in [0.25, 0.3) is 0 Å². The van der Waals surface area contributed by atoms with Gasteiger partial charge in [-0.1, -0.05) is 65.2 Å². The van der Waals surface area contributed by atoms with Gasteiger partial charge in [-0.3, -0.25) is 9.68 Å². The van der Waals surface area contributed by atoms with Gasteiger partial charge in [-0.05, 0) is 112 Å². The summed E-state index contributed by atoms with van der Waals surface area (Å²) in [7, 11) is 0. The van der Waals surface area contributed by atoms with Crippen LogP contribution in [0.5, 0.6) is 0 Å². The summed E-state index contributed by atoms with van der Waals surface area (Å²) in [6, 6.07) is 0.673. The molecule has 3 saturated carbocycles. The van der Waals surface area contributed by atoms with Crippen LogP contribution in [0.1, 0.15) is 176 Å². The van der Waals surface area contributed by atoms with Crippen molar-refractivity contribution in [1.82, 2.24) is 25.1 Å². The number of rotatable bonds is 10. The van der Waals surface area contributed by atoms with Crippen LogP contribution in [0.25, 0.3) is 0 Å². The predicted octanol–water partition coefficient (Wildman–Crippen LogP) is 8.69. The van der Waals surface area contributed by atoms with Gasteiger partial charge in [0, 0.05) is 36.3 Å². The van der Waals surface area contributed by atoms with Gasteiger partial charge < -0.3 is 9.80 Å². The molecule has 4 aliphatic heterocycles. The van der Waals surface area contributed by atoms with Crippen molar-refractivity contribution in [1.29, 1.82) is 0 Å². The first-order valence-electron chi connectivity index (χ1n) is 20.7. The molecule has 5 heterocycles. The van der Waals surface area contributed by atoms with E-state index < -0.39 is 0 Å². The third kappa shape index (κ3) is 7.01. The Morgan fingerprint density at radius 1 is 0.592 bits per heavy atom. The molecular formula is C40H69N7O2. The number of aromatic nitrogens is 3. The van der Waals surface area contributed by atoms with E-state index in [-0.39, 0.29) is 22.2 Å². The SMILES string of the molecule is CCCCN1c2nc(C)nc(n2)N(CCCC)C2CC(C)(C)N(OC3CCCCC3)C3(C2)CC2(CC1CC(C)(C)N2OC1CCCCC1)C3. The lowest BCUT2D eigenvalue weighted by Crippen LogP contribution is -2.81. The normalized spacial score (nSPS) is 33.9. The van der Waals surface area contributed by atoms with E-state index in [0.29, 0.717) is 24.3 Å². The Bertz CT molecular complexity index is 1180. The van der Waals surface area contributed by atoms with E-state index in [9.17, 15) is 0 Å². The van der Waals surface area contributed by atoms with Crippen LogP contribution in [0.15, 0.2) is 0 Å². The number of unbranched alkanes of at least 4 members (excludes halogenated alkanes) is 2. The Balaban J connectivity index is 1.35.